The van der Waals surface area contributed by atoms with E-state index in [9.17, 15) is 14.4 Å². The lowest BCUT2D eigenvalue weighted by Crippen LogP contribution is -2.22. The van der Waals surface area contributed by atoms with E-state index in [0.29, 0.717) is 26.9 Å². The minimum Gasteiger partial charge on any atom is -0.455 e. The van der Waals surface area contributed by atoms with Gasteiger partial charge in [-0.1, -0.05) is 29.3 Å². The van der Waals surface area contributed by atoms with Crippen LogP contribution in [0.25, 0.3) is 0 Å². The highest BCUT2D eigenvalue weighted by Crippen LogP contribution is 2.24. The number of hydrogen-bond donors (Lipinski definition) is 1. The van der Waals surface area contributed by atoms with Crippen molar-refractivity contribution in [1.82, 2.24) is 4.90 Å². The number of nitrogens with one attached hydrogen (secondary N) is 1. The SMILES string of the molecule is CN(C)C(=O)c1ccc(NC(=O)COC(=O)Cc2c(Cl)cccc2Cl)cc1. The average molecular weight is 409 g/mol. The lowest BCUT2D eigenvalue weighted by Gasteiger charge is -2.11. The first-order valence-electron chi connectivity index (χ1n) is 7.98. The third kappa shape index (κ3) is 5.98. The summed E-state index contributed by atoms with van der Waals surface area (Å²) in [6, 6.07) is 11.3. The van der Waals surface area contributed by atoms with E-state index in [1.807, 2.05) is 0 Å². The third-order valence-electron chi connectivity index (χ3n) is 3.57. The largest absolute Gasteiger partial charge is 0.455 e. The van der Waals surface area contributed by atoms with Crippen LogP contribution in [0.3, 0.4) is 0 Å². The summed E-state index contributed by atoms with van der Waals surface area (Å²) in [4.78, 5) is 37.1. The highest BCUT2D eigenvalue weighted by molar-refractivity contribution is 6.36. The zero-order valence-corrected chi connectivity index (χ0v) is 16.3. The van der Waals surface area contributed by atoms with Gasteiger partial charge >= 0.3 is 5.97 Å². The van der Waals surface area contributed by atoms with Gasteiger partial charge in [-0.25, -0.2) is 0 Å². The van der Waals surface area contributed by atoms with E-state index >= 15 is 0 Å². The van der Waals surface area contributed by atoms with E-state index in [-0.39, 0.29) is 12.3 Å². The molecule has 2 aromatic carbocycles. The zero-order chi connectivity index (χ0) is 20.0. The van der Waals surface area contributed by atoms with Gasteiger partial charge in [0.15, 0.2) is 6.61 Å². The summed E-state index contributed by atoms with van der Waals surface area (Å²) in [5, 5.41) is 3.30. The predicted octanol–water partition coefficient (Wildman–Crippen LogP) is 3.42. The summed E-state index contributed by atoms with van der Waals surface area (Å²) in [7, 11) is 3.31. The first-order chi connectivity index (χ1) is 12.8. The molecule has 0 bridgehead atoms. The number of nitrogens with zero attached hydrogens (tertiary/aromatic N) is 1. The Morgan fingerprint density at radius 1 is 1.00 bits per heavy atom. The van der Waals surface area contributed by atoms with Gasteiger partial charge in [0.2, 0.25) is 0 Å². The lowest BCUT2D eigenvalue weighted by atomic mass is 10.1. The maximum Gasteiger partial charge on any atom is 0.310 e. The molecule has 142 valence electrons. The Morgan fingerprint density at radius 3 is 2.15 bits per heavy atom. The summed E-state index contributed by atoms with van der Waals surface area (Å²) in [5.41, 5.74) is 1.44. The van der Waals surface area contributed by atoms with E-state index in [1.165, 1.54) is 4.90 Å². The number of amides is 2. The number of rotatable bonds is 6. The lowest BCUT2D eigenvalue weighted by molar-refractivity contribution is -0.146. The van der Waals surface area contributed by atoms with Crippen molar-refractivity contribution in [3.05, 3.63) is 63.6 Å². The van der Waals surface area contributed by atoms with Gasteiger partial charge in [-0.2, -0.15) is 0 Å². The molecule has 0 spiro atoms. The molecule has 2 aromatic rings. The molecule has 0 saturated carbocycles. The van der Waals surface area contributed by atoms with Crippen LogP contribution in [0.5, 0.6) is 0 Å². The highest BCUT2D eigenvalue weighted by atomic mass is 35.5. The minimum absolute atomic E-state index is 0.132. The Labute approximate surface area is 167 Å². The van der Waals surface area contributed by atoms with Crippen LogP contribution < -0.4 is 5.32 Å². The molecule has 2 rings (SSSR count). The number of carbonyl (C=O) groups excluding carboxylic acids is 3. The minimum atomic E-state index is -0.618. The molecule has 0 aliphatic carbocycles. The van der Waals surface area contributed by atoms with Crippen molar-refractivity contribution in [3.8, 4) is 0 Å². The van der Waals surface area contributed by atoms with Crippen LogP contribution in [0, 0.1) is 0 Å². The van der Waals surface area contributed by atoms with Crippen molar-refractivity contribution in [2.75, 3.05) is 26.0 Å². The first kappa shape index (κ1) is 20.7. The number of anilines is 1. The van der Waals surface area contributed by atoms with Crippen LogP contribution in [0.2, 0.25) is 10.0 Å². The van der Waals surface area contributed by atoms with Crippen LogP contribution >= 0.6 is 23.2 Å². The second-order valence-electron chi connectivity index (χ2n) is 5.86. The smallest absolute Gasteiger partial charge is 0.310 e. The fourth-order valence-electron chi connectivity index (χ4n) is 2.19. The number of esters is 1. The summed E-state index contributed by atoms with van der Waals surface area (Å²) in [6.45, 7) is -0.445. The molecule has 0 radical (unpaired) electrons. The molecule has 0 unspecified atom stereocenters. The Kier molecular flexibility index (Phi) is 7.21. The fourth-order valence-corrected chi connectivity index (χ4v) is 2.73. The van der Waals surface area contributed by atoms with E-state index in [0.717, 1.165) is 0 Å². The van der Waals surface area contributed by atoms with Crippen molar-refractivity contribution < 1.29 is 19.1 Å². The predicted molar refractivity (Wildman–Crippen MR) is 104 cm³/mol. The molecular formula is C19H18Cl2N2O4. The van der Waals surface area contributed by atoms with Gasteiger partial charge in [0.25, 0.3) is 11.8 Å². The van der Waals surface area contributed by atoms with Crippen molar-refractivity contribution in [2.45, 2.75) is 6.42 Å². The topological polar surface area (TPSA) is 75.7 Å². The van der Waals surface area contributed by atoms with Crippen LogP contribution in [0.15, 0.2) is 42.5 Å². The van der Waals surface area contributed by atoms with Gasteiger partial charge < -0.3 is 15.0 Å². The number of halogens is 2. The van der Waals surface area contributed by atoms with E-state index in [4.69, 9.17) is 27.9 Å². The number of hydrogen-bond acceptors (Lipinski definition) is 4. The summed E-state index contributed by atoms with van der Waals surface area (Å²) >= 11 is 12.0. The van der Waals surface area contributed by atoms with E-state index in [2.05, 4.69) is 5.32 Å². The average Bonchev–Trinajstić information content (AvgIpc) is 2.63. The molecule has 8 heteroatoms. The molecule has 6 nitrogen and oxygen atoms in total. The number of carbonyl (C=O) groups is 3. The van der Waals surface area contributed by atoms with Crippen LogP contribution in [0.1, 0.15) is 15.9 Å². The number of benzene rings is 2. The van der Waals surface area contributed by atoms with Crippen LogP contribution in [-0.4, -0.2) is 43.4 Å². The van der Waals surface area contributed by atoms with Crippen molar-refractivity contribution in [2.24, 2.45) is 0 Å². The van der Waals surface area contributed by atoms with Gasteiger partial charge in [-0.15, -0.1) is 0 Å². The van der Waals surface area contributed by atoms with Gasteiger partial charge in [0.05, 0.1) is 6.42 Å². The molecule has 0 atom stereocenters. The fraction of sp³-hybridized carbons (Fsp3) is 0.211. The molecule has 27 heavy (non-hydrogen) atoms. The quantitative estimate of drug-likeness (QED) is 0.742. The second-order valence-corrected chi connectivity index (χ2v) is 6.68. The Balaban J connectivity index is 1.85. The second kappa shape index (κ2) is 9.39. The van der Waals surface area contributed by atoms with Gasteiger partial charge in [-0.3, -0.25) is 14.4 Å². The van der Waals surface area contributed by atoms with Crippen LogP contribution in [0.4, 0.5) is 5.69 Å². The van der Waals surface area contributed by atoms with Crippen LogP contribution in [-0.2, 0) is 20.7 Å². The Hall–Kier alpha value is -2.57. The summed E-state index contributed by atoms with van der Waals surface area (Å²) < 4.78 is 4.95. The molecular weight excluding hydrogens is 391 g/mol. The molecule has 2 amide bonds. The molecule has 1 N–H and O–H groups in total. The summed E-state index contributed by atoms with van der Waals surface area (Å²) in [5.74, 6) is -1.26. The van der Waals surface area contributed by atoms with Crippen molar-refractivity contribution >= 4 is 46.7 Å². The molecule has 0 aromatic heterocycles. The summed E-state index contributed by atoms with van der Waals surface area (Å²) in [6.07, 6.45) is -0.132. The van der Waals surface area contributed by atoms with Gasteiger partial charge in [0.1, 0.15) is 0 Å². The first-order valence-corrected chi connectivity index (χ1v) is 8.73. The normalized spacial score (nSPS) is 10.2. The van der Waals surface area contributed by atoms with Crippen molar-refractivity contribution in [3.63, 3.8) is 0 Å². The van der Waals surface area contributed by atoms with E-state index in [1.54, 1.807) is 56.6 Å². The van der Waals surface area contributed by atoms with E-state index < -0.39 is 18.5 Å². The standard InChI is InChI=1S/C19H18Cl2N2O4/c1-23(2)19(26)12-6-8-13(9-7-12)22-17(24)11-27-18(25)10-14-15(20)4-3-5-16(14)21/h3-9H,10-11H2,1-2H3,(H,22,24). The van der Waals surface area contributed by atoms with Gasteiger partial charge in [0, 0.05) is 41.0 Å². The Morgan fingerprint density at radius 2 is 1.59 bits per heavy atom. The highest BCUT2D eigenvalue weighted by Gasteiger charge is 2.14. The maximum absolute atomic E-state index is 11.9. The van der Waals surface area contributed by atoms with Crippen molar-refractivity contribution in [1.29, 1.82) is 0 Å². The molecule has 0 saturated heterocycles. The maximum atomic E-state index is 11.9. The molecule has 0 aliphatic rings. The molecule has 0 fully saturated rings. The van der Waals surface area contributed by atoms with Gasteiger partial charge in [-0.05, 0) is 36.4 Å². The number of ether oxygens (including phenoxy) is 1. The zero-order valence-electron chi connectivity index (χ0n) is 14.8. The monoisotopic (exact) mass is 408 g/mol. The third-order valence-corrected chi connectivity index (χ3v) is 4.28. The molecule has 0 heterocycles. The molecule has 0 aliphatic heterocycles. The Bertz CT molecular complexity index is 831.